The minimum Gasteiger partial charge on any atom is -0.339 e. The maximum Gasteiger partial charge on any atom is 0.180 e. The second-order valence-corrected chi connectivity index (χ2v) is 5.16. The molecular weight excluding hydrogens is 226 g/mol. The Hall–Kier alpha value is -1.49. The zero-order valence-electron chi connectivity index (χ0n) is 10.7. The number of rotatable bonds is 3. The maximum absolute atomic E-state index is 4.68. The Morgan fingerprint density at radius 3 is 3.11 bits per heavy atom. The first-order valence-electron chi connectivity index (χ1n) is 6.71. The van der Waals surface area contributed by atoms with Crippen LogP contribution in [0.25, 0.3) is 11.2 Å². The quantitative estimate of drug-likeness (QED) is 0.865. The molecule has 1 fully saturated rings. The van der Waals surface area contributed by atoms with Gasteiger partial charge < -0.3 is 10.3 Å². The molecule has 0 aliphatic carbocycles. The number of hydrogen-bond acceptors (Lipinski definition) is 4. The van der Waals surface area contributed by atoms with E-state index in [1.807, 2.05) is 0 Å². The molecule has 1 aliphatic rings. The molecule has 1 unspecified atom stereocenters. The number of H-pyrrole nitrogens is 1. The number of aromatic amines is 1. The number of fused-ring (bicyclic) bond motifs is 1. The van der Waals surface area contributed by atoms with E-state index in [1.165, 1.54) is 19.3 Å². The van der Waals surface area contributed by atoms with E-state index in [9.17, 15) is 0 Å². The van der Waals surface area contributed by atoms with Gasteiger partial charge in [0.15, 0.2) is 5.65 Å². The smallest absolute Gasteiger partial charge is 0.180 e. The summed E-state index contributed by atoms with van der Waals surface area (Å²) in [6.07, 6.45) is 8.09. The van der Waals surface area contributed by atoms with Crippen LogP contribution in [0, 0.1) is 0 Å². The van der Waals surface area contributed by atoms with Gasteiger partial charge in [-0.15, -0.1) is 0 Å². The Morgan fingerprint density at radius 1 is 1.44 bits per heavy atom. The summed E-state index contributed by atoms with van der Waals surface area (Å²) in [5, 5.41) is 3.51. The van der Waals surface area contributed by atoms with E-state index in [-0.39, 0.29) is 5.41 Å². The van der Waals surface area contributed by atoms with Crippen molar-refractivity contribution in [3.05, 3.63) is 18.3 Å². The van der Waals surface area contributed by atoms with Crippen LogP contribution in [0.4, 0.5) is 0 Å². The van der Waals surface area contributed by atoms with Gasteiger partial charge in [0, 0.05) is 12.0 Å². The van der Waals surface area contributed by atoms with Gasteiger partial charge in [0.2, 0.25) is 0 Å². The molecule has 5 nitrogen and oxygen atoms in total. The van der Waals surface area contributed by atoms with Crippen molar-refractivity contribution in [1.29, 1.82) is 0 Å². The number of piperidine rings is 1. The topological polar surface area (TPSA) is 66.5 Å². The van der Waals surface area contributed by atoms with E-state index in [0.717, 1.165) is 36.5 Å². The molecule has 2 aromatic rings. The average molecular weight is 245 g/mol. The van der Waals surface area contributed by atoms with Gasteiger partial charge in [0.1, 0.15) is 17.7 Å². The Balaban J connectivity index is 2.03. The van der Waals surface area contributed by atoms with E-state index < -0.39 is 0 Å². The van der Waals surface area contributed by atoms with E-state index in [1.54, 1.807) is 12.5 Å². The maximum atomic E-state index is 4.68. The van der Waals surface area contributed by atoms with Crippen LogP contribution >= 0.6 is 0 Å². The molecule has 96 valence electrons. The summed E-state index contributed by atoms with van der Waals surface area (Å²) < 4.78 is 0. The standard InChI is InChI=1S/C13H19N5/c1-2-4-13(5-3-6-14-8-13)12-17-10-7-15-9-16-11(10)18-12/h7,9,14H,2-6,8H2,1H3,(H,15,16,17,18). The van der Waals surface area contributed by atoms with Gasteiger partial charge in [-0.25, -0.2) is 15.0 Å². The number of nitrogens with zero attached hydrogens (tertiary/aromatic N) is 3. The molecule has 5 heteroatoms. The summed E-state index contributed by atoms with van der Waals surface area (Å²) in [5.74, 6) is 1.08. The van der Waals surface area contributed by atoms with E-state index >= 15 is 0 Å². The van der Waals surface area contributed by atoms with Gasteiger partial charge in [0.25, 0.3) is 0 Å². The summed E-state index contributed by atoms with van der Waals surface area (Å²) in [4.78, 5) is 16.4. The fourth-order valence-electron chi connectivity index (χ4n) is 2.99. The first-order valence-corrected chi connectivity index (χ1v) is 6.71. The van der Waals surface area contributed by atoms with Crippen LogP contribution in [0.2, 0.25) is 0 Å². The molecule has 2 aromatic heterocycles. The van der Waals surface area contributed by atoms with Crippen molar-refractivity contribution in [1.82, 2.24) is 25.3 Å². The van der Waals surface area contributed by atoms with Crippen LogP contribution in [-0.2, 0) is 5.41 Å². The second-order valence-electron chi connectivity index (χ2n) is 5.16. The normalized spacial score (nSPS) is 24.5. The number of aromatic nitrogens is 4. The molecule has 1 atom stereocenters. The van der Waals surface area contributed by atoms with Gasteiger partial charge in [-0.05, 0) is 25.8 Å². The molecule has 3 rings (SSSR count). The van der Waals surface area contributed by atoms with Gasteiger partial charge in [-0.2, -0.15) is 0 Å². The van der Waals surface area contributed by atoms with Gasteiger partial charge in [0.05, 0.1) is 6.20 Å². The highest BCUT2D eigenvalue weighted by atomic mass is 15.0. The van der Waals surface area contributed by atoms with Gasteiger partial charge in [-0.3, -0.25) is 0 Å². The third-order valence-corrected chi connectivity index (χ3v) is 3.87. The Kier molecular flexibility index (Phi) is 2.99. The fourth-order valence-corrected chi connectivity index (χ4v) is 2.99. The number of hydrogen-bond donors (Lipinski definition) is 2. The highest BCUT2D eigenvalue weighted by Gasteiger charge is 2.36. The first kappa shape index (κ1) is 11.6. The molecule has 0 amide bonds. The van der Waals surface area contributed by atoms with Crippen molar-refractivity contribution in [2.45, 2.75) is 38.0 Å². The highest BCUT2D eigenvalue weighted by molar-refractivity contribution is 5.69. The van der Waals surface area contributed by atoms with Crippen LogP contribution in [0.3, 0.4) is 0 Å². The van der Waals surface area contributed by atoms with Crippen molar-refractivity contribution < 1.29 is 0 Å². The largest absolute Gasteiger partial charge is 0.339 e. The lowest BCUT2D eigenvalue weighted by Crippen LogP contribution is -2.44. The minimum atomic E-state index is 0.147. The van der Waals surface area contributed by atoms with Crippen LogP contribution < -0.4 is 5.32 Å². The van der Waals surface area contributed by atoms with Crippen molar-refractivity contribution in [3.8, 4) is 0 Å². The zero-order chi connectivity index (χ0) is 12.4. The predicted molar refractivity (Wildman–Crippen MR) is 70.4 cm³/mol. The SMILES string of the molecule is CCCC1(c2nc3ncncc3[nH]2)CCCNC1. The molecule has 0 bridgehead atoms. The lowest BCUT2D eigenvalue weighted by Gasteiger charge is -2.35. The third kappa shape index (κ3) is 1.88. The summed E-state index contributed by atoms with van der Waals surface area (Å²) in [6.45, 7) is 4.36. The summed E-state index contributed by atoms with van der Waals surface area (Å²) >= 11 is 0. The van der Waals surface area contributed by atoms with Crippen molar-refractivity contribution in [2.75, 3.05) is 13.1 Å². The van der Waals surface area contributed by atoms with Gasteiger partial charge in [-0.1, -0.05) is 13.3 Å². The minimum absolute atomic E-state index is 0.147. The zero-order valence-corrected chi connectivity index (χ0v) is 10.7. The molecular formula is C13H19N5. The molecule has 1 saturated heterocycles. The highest BCUT2D eigenvalue weighted by Crippen LogP contribution is 2.34. The molecule has 0 aromatic carbocycles. The van der Waals surface area contributed by atoms with Crippen LogP contribution in [0.5, 0.6) is 0 Å². The number of imidazole rings is 1. The Labute approximate surface area is 106 Å². The van der Waals surface area contributed by atoms with Crippen molar-refractivity contribution in [3.63, 3.8) is 0 Å². The number of nitrogens with one attached hydrogen (secondary N) is 2. The predicted octanol–water partition coefficient (Wildman–Crippen LogP) is 1.77. The molecule has 0 spiro atoms. The van der Waals surface area contributed by atoms with Crippen molar-refractivity contribution >= 4 is 11.2 Å². The van der Waals surface area contributed by atoms with Gasteiger partial charge >= 0.3 is 0 Å². The van der Waals surface area contributed by atoms with Crippen molar-refractivity contribution in [2.24, 2.45) is 0 Å². The Morgan fingerprint density at radius 2 is 2.39 bits per heavy atom. The van der Waals surface area contributed by atoms with Crippen LogP contribution in [-0.4, -0.2) is 33.0 Å². The molecule has 0 saturated carbocycles. The molecule has 3 heterocycles. The van der Waals surface area contributed by atoms with E-state index in [4.69, 9.17) is 0 Å². The summed E-state index contributed by atoms with van der Waals surface area (Å²) in [6, 6.07) is 0. The summed E-state index contributed by atoms with van der Waals surface area (Å²) in [5.41, 5.74) is 1.86. The lowest BCUT2D eigenvalue weighted by atomic mass is 9.76. The van der Waals surface area contributed by atoms with Crippen LogP contribution in [0.1, 0.15) is 38.4 Å². The lowest BCUT2D eigenvalue weighted by molar-refractivity contribution is 0.278. The Bertz CT molecular complexity index is 488. The first-order chi connectivity index (χ1) is 8.84. The average Bonchev–Trinajstić information content (AvgIpc) is 2.84. The van der Waals surface area contributed by atoms with E-state index in [0.29, 0.717) is 0 Å². The summed E-state index contributed by atoms with van der Waals surface area (Å²) in [7, 11) is 0. The van der Waals surface area contributed by atoms with E-state index in [2.05, 4.69) is 32.2 Å². The second kappa shape index (κ2) is 4.65. The molecule has 1 aliphatic heterocycles. The fraction of sp³-hybridized carbons (Fsp3) is 0.615. The monoisotopic (exact) mass is 245 g/mol. The molecule has 0 radical (unpaired) electrons. The van der Waals surface area contributed by atoms with Crippen LogP contribution in [0.15, 0.2) is 12.5 Å². The molecule has 18 heavy (non-hydrogen) atoms. The third-order valence-electron chi connectivity index (χ3n) is 3.87. The molecule has 2 N–H and O–H groups in total.